The zero-order chi connectivity index (χ0) is 13.1. The monoisotopic (exact) mass is 255 g/mol. The first-order chi connectivity index (χ1) is 7.71. The Morgan fingerprint density at radius 1 is 1.24 bits per heavy atom. The number of ether oxygens (including phenoxy) is 1. The van der Waals surface area contributed by atoms with Crippen molar-refractivity contribution in [2.75, 3.05) is 6.26 Å². The molecule has 1 amide bonds. The van der Waals surface area contributed by atoms with Crippen LogP contribution in [-0.2, 0) is 14.5 Å². The minimum atomic E-state index is -2.73. The summed E-state index contributed by atoms with van der Waals surface area (Å²) in [5.74, 6) is 0. The van der Waals surface area contributed by atoms with Gasteiger partial charge in [-0.05, 0) is 32.9 Å². The van der Waals surface area contributed by atoms with Crippen LogP contribution in [0.3, 0.4) is 0 Å². The highest BCUT2D eigenvalue weighted by molar-refractivity contribution is 7.93. The van der Waals surface area contributed by atoms with Gasteiger partial charge in [0.1, 0.15) is 5.60 Å². The third-order valence-corrected chi connectivity index (χ3v) is 3.47. The summed E-state index contributed by atoms with van der Waals surface area (Å²) in [5, 5.41) is 0. The second-order valence-electron chi connectivity index (χ2n) is 4.69. The van der Waals surface area contributed by atoms with Gasteiger partial charge >= 0.3 is 6.09 Å². The number of rotatable bonds is 1. The molecule has 94 valence electrons. The van der Waals surface area contributed by atoms with Crippen LogP contribution in [0.1, 0.15) is 20.8 Å². The van der Waals surface area contributed by atoms with Crippen LogP contribution in [0.25, 0.3) is 0 Å². The highest BCUT2D eigenvalue weighted by atomic mass is 32.2. The molecule has 0 bridgehead atoms. The van der Waals surface area contributed by atoms with Gasteiger partial charge in [0.15, 0.2) is 0 Å². The predicted molar refractivity (Wildman–Crippen MR) is 67.4 cm³/mol. The molecule has 0 aliphatic rings. The SMILES string of the molecule is CC(C)(C)OC(=O)N=[S@@](C)(=O)c1ccccc1. The summed E-state index contributed by atoms with van der Waals surface area (Å²) in [6, 6.07) is 8.67. The smallest absolute Gasteiger partial charge is 0.442 e. The maximum atomic E-state index is 12.2. The lowest BCUT2D eigenvalue weighted by Gasteiger charge is -2.17. The summed E-state index contributed by atoms with van der Waals surface area (Å²) in [5.41, 5.74) is -0.632. The van der Waals surface area contributed by atoms with Crippen molar-refractivity contribution >= 4 is 15.8 Å². The fraction of sp³-hybridized carbons (Fsp3) is 0.417. The molecule has 0 aliphatic heterocycles. The topological polar surface area (TPSA) is 55.7 Å². The fourth-order valence-electron chi connectivity index (χ4n) is 1.15. The molecule has 0 spiro atoms. The van der Waals surface area contributed by atoms with Crippen molar-refractivity contribution in [2.24, 2.45) is 4.36 Å². The average Bonchev–Trinajstić information content (AvgIpc) is 2.15. The maximum absolute atomic E-state index is 12.2. The normalized spacial score (nSPS) is 14.8. The van der Waals surface area contributed by atoms with Gasteiger partial charge in [-0.2, -0.15) is 0 Å². The first-order valence-electron chi connectivity index (χ1n) is 5.21. The Labute approximate surface area is 102 Å². The zero-order valence-corrected chi connectivity index (χ0v) is 11.3. The summed E-state index contributed by atoms with van der Waals surface area (Å²) in [6.45, 7) is 5.21. The molecule has 1 aromatic carbocycles. The summed E-state index contributed by atoms with van der Waals surface area (Å²) >= 11 is 0. The van der Waals surface area contributed by atoms with Gasteiger partial charge in [-0.25, -0.2) is 9.00 Å². The zero-order valence-electron chi connectivity index (χ0n) is 10.5. The van der Waals surface area contributed by atoms with E-state index in [1.54, 1.807) is 45.0 Å². The highest BCUT2D eigenvalue weighted by Gasteiger charge is 2.17. The van der Waals surface area contributed by atoms with Gasteiger partial charge in [-0.3, -0.25) is 0 Å². The Hall–Kier alpha value is -1.36. The van der Waals surface area contributed by atoms with Crippen LogP contribution < -0.4 is 0 Å². The Morgan fingerprint density at radius 3 is 2.24 bits per heavy atom. The molecule has 1 rings (SSSR count). The van der Waals surface area contributed by atoms with Crippen molar-refractivity contribution in [3.63, 3.8) is 0 Å². The van der Waals surface area contributed by atoms with Crippen molar-refractivity contribution in [3.05, 3.63) is 30.3 Å². The molecular formula is C12H17NO3S. The molecule has 0 radical (unpaired) electrons. The van der Waals surface area contributed by atoms with Crippen molar-refractivity contribution in [2.45, 2.75) is 31.3 Å². The van der Waals surface area contributed by atoms with Crippen LogP contribution in [0.4, 0.5) is 4.79 Å². The van der Waals surface area contributed by atoms with Crippen molar-refractivity contribution in [1.82, 2.24) is 0 Å². The van der Waals surface area contributed by atoms with Crippen LogP contribution >= 0.6 is 0 Å². The number of carbonyl (C=O) groups excluding carboxylic acids is 1. The first kappa shape index (κ1) is 13.7. The molecule has 0 saturated carbocycles. The van der Waals surface area contributed by atoms with Crippen LogP contribution in [0.15, 0.2) is 39.6 Å². The molecule has 5 heteroatoms. The van der Waals surface area contributed by atoms with E-state index in [1.165, 1.54) is 6.26 Å². The quantitative estimate of drug-likeness (QED) is 0.775. The Bertz CT molecular complexity index is 508. The molecule has 0 saturated heterocycles. The van der Waals surface area contributed by atoms with E-state index in [0.29, 0.717) is 4.90 Å². The molecule has 0 aliphatic carbocycles. The van der Waals surface area contributed by atoms with E-state index < -0.39 is 21.4 Å². The molecule has 1 atom stereocenters. The van der Waals surface area contributed by atoms with E-state index in [9.17, 15) is 9.00 Å². The van der Waals surface area contributed by atoms with Gasteiger partial charge < -0.3 is 4.74 Å². The molecular weight excluding hydrogens is 238 g/mol. The standard InChI is InChI=1S/C12H17NO3S/c1-12(2,3)16-11(14)13-17(4,15)10-8-6-5-7-9-10/h5-9H,1-4H3/t17-/m0/s1. The lowest BCUT2D eigenvalue weighted by atomic mass is 10.2. The van der Waals surface area contributed by atoms with Gasteiger partial charge in [0.25, 0.3) is 0 Å². The molecule has 0 N–H and O–H groups in total. The lowest BCUT2D eigenvalue weighted by molar-refractivity contribution is 0.0607. The highest BCUT2D eigenvalue weighted by Crippen LogP contribution is 2.13. The largest absolute Gasteiger partial charge is 0.442 e. The van der Waals surface area contributed by atoms with Crippen LogP contribution in [0, 0.1) is 0 Å². The van der Waals surface area contributed by atoms with E-state index in [2.05, 4.69) is 4.36 Å². The minimum absolute atomic E-state index is 0.519. The fourth-order valence-corrected chi connectivity index (χ4v) is 2.24. The van der Waals surface area contributed by atoms with Gasteiger partial charge in [-0.15, -0.1) is 4.36 Å². The molecule has 1 aromatic rings. The van der Waals surface area contributed by atoms with E-state index >= 15 is 0 Å². The summed E-state index contributed by atoms with van der Waals surface area (Å²) < 4.78 is 20.9. The Morgan fingerprint density at radius 2 is 1.76 bits per heavy atom. The van der Waals surface area contributed by atoms with E-state index in [-0.39, 0.29) is 0 Å². The van der Waals surface area contributed by atoms with Crippen molar-refractivity contribution < 1.29 is 13.7 Å². The number of hydrogen-bond acceptors (Lipinski definition) is 3. The molecule has 0 aromatic heterocycles. The summed E-state index contributed by atoms with van der Waals surface area (Å²) in [4.78, 5) is 12.0. The Balaban J connectivity index is 2.99. The van der Waals surface area contributed by atoms with Gasteiger partial charge in [0.2, 0.25) is 0 Å². The number of nitrogens with zero attached hydrogens (tertiary/aromatic N) is 1. The van der Waals surface area contributed by atoms with Crippen molar-refractivity contribution in [1.29, 1.82) is 0 Å². The van der Waals surface area contributed by atoms with Crippen LogP contribution in [0.2, 0.25) is 0 Å². The van der Waals surface area contributed by atoms with E-state index in [0.717, 1.165) is 0 Å². The number of carbonyl (C=O) groups is 1. The minimum Gasteiger partial charge on any atom is -0.442 e. The lowest BCUT2D eigenvalue weighted by Crippen LogP contribution is -2.22. The molecule has 4 nitrogen and oxygen atoms in total. The molecule has 0 fully saturated rings. The third kappa shape index (κ3) is 4.56. The third-order valence-electron chi connectivity index (χ3n) is 1.82. The number of hydrogen-bond donors (Lipinski definition) is 0. The summed E-state index contributed by atoms with van der Waals surface area (Å²) in [7, 11) is -2.73. The number of benzene rings is 1. The van der Waals surface area contributed by atoms with Crippen LogP contribution in [0.5, 0.6) is 0 Å². The van der Waals surface area contributed by atoms with Gasteiger partial charge in [-0.1, -0.05) is 18.2 Å². The Kier molecular flexibility index (Phi) is 3.93. The molecule has 17 heavy (non-hydrogen) atoms. The average molecular weight is 255 g/mol. The molecule has 0 heterocycles. The first-order valence-corrected chi connectivity index (χ1v) is 7.13. The van der Waals surface area contributed by atoms with E-state index in [1.807, 2.05) is 6.07 Å². The van der Waals surface area contributed by atoms with Gasteiger partial charge in [0.05, 0.1) is 9.73 Å². The maximum Gasteiger partial charge on any atom is 0.442 e. The van der Waals surface area contributed by atoms with E-state index in [4.69, 9.17) is 4.74 Å². The second kappa shape index (κ2) is 4.87. The number of amides is 1. The molecule has 0 unspecified atom stereocenters. The van der Waals surface area contributed by atoms with Crippen molar-refractivity contribution in [3.8, 4) is 0 Å². The summed E-state index contributed by atoms with van der Waals surface area (Å²) in [6.07, 6.45) is 0.626. The second-order valence-corrected chi connectivity index (χ2v) is 6.95. The van der Waals surface area contributed by atoms with Crippen LogP contribution in [-0.4, -0.2) is 22.2 Å². The van der Waals surface area contributed by atoms with Gasteiger partial charge in [0, 0.05) is 11.2 Å². The predicted octanol–water partition coefficient (Wildman–Crippen LogP) is 3.08.